The number of rotatable bonds is 8. The molecule has 0 bridgehead atoms. The van der Waals surface area contributed by atoms with Crippen LogP contribution in [0.2, 0.25) is 0 Å². The van der Waals surface area contributed by atoms with Crippen molar-refractivity contribution in [3.05, 3.63) is 75.5 Å². The molecule has 0 aliphatic rings. The van der Waals surface area contributed by atoms with Crippen molar-refractivity contribution in [3.63, 3.8) is 0 Å². The Labute approximate surface area is 188 Å². The first-order valence-corrected chi connectivity index (χ1v) is 10.3. The van der Waals surface area contributed by atoms with E-state index in [0.717, 1.165) is 0 Å². The number of carbonyl (C=O) groups excluding carboxylic acids is 3. The summed E-state index contributed by atoms with van der Waals surface area (Å²) in [7, 11) is 4.20. The Morgan fingerprint density at radius 1 is 0.906 bits per heavy atom. The average Bonchev–Trinajstić information content (AvgIpc) is 3.37. The van der Waals surface area contributed by atoms with Crippen molar-refractivity contribution in [2.75, 3.05) is 26.6 Å². The Balaban J connectivity index is 1.81. The lowest BCUT2D eigenvalue weighted by Crippen LogP contribution is -2.15. The third-order valence-corrected chi connectivity index (χ3v) is 5.35. The summed E-state index contributed by atoms with van der Waals surface area (Å²) in [4.78, 5) is 37.4. The molecule has 0 unspecified atom stereocenters. The minimum Gasteiger partial charge on any atom is -0.493 e. The molecular weight excluding hydrogens is 434 g/mol. The molecule has 0 saturated carbocycles. The molecule has 166 valence electrons. The molecule has 8 nitrogen and oxygen atoms in total. The third kappa shape index (κ3) is 5.25. The molecule has 1 aromatic heterocycles. The molecule has 0 aliphatic heterocycles. The summed E-state index contributed by atoms with van der Waals surface area (Å²) < 4.78 is 20.7. The van der Waals surface area contributed by atoms with E-state index < -0.39 is 11.9 Å². The van der Waals surface area contributed by atoms with Crippen LogP contribution in [0.15, 0.2) is 53.9 Å². The number of amides is 1. The molecule has 0 fully saturated rings. The van der Waals surface area contributed by atoms with E-state index in [0.29, 0.717) is 27.5 Å². The molecule has 2 aromatic carbocycles. The van der Waals surface area contributed by atoms with Gasteiger partial charge in [0.2, 0.25) is 0 Å². The normalized spacial score (nSPS) is 10.2. The van der Waals surface area contributed by atoms with Crippen molar-refractivity contribution in [1.29, 1.82) is 0 Å². The highest BCUT2D eigenvalue weighted by molar-refractivity contribution is 7.12. The van der Waals surface area contributed by atoms with Crippen molar-refractivity contribution in [2.45, 2.75) is 6.61 Å². The Morgan fingerprint density at radius 3 is 2.19 bits per heavy atom. The largest absolute Gasteiger partial charge is 0.493 e. The Morgan fingerprint density at radius 2 is 1.59 bits per heavy atom. The van der Waals surface area contributed by atoms with Gasteiger partial charge in [-0.05, 0) is 29.1 Å². The van der Waals surface area contributed by atoms with Crippen LogP contribution in [0.5, 0.6) is 11.5 Å². The summed E-state index contributed by atoms with van der Waals surface area (Å²) in [5.41, 5.74) is 1.41. The van der Waals surface area contributed by atoms with Gasteiger partial charge in [0.1, 0.15) is 6.61 Å². The number of ether oxygens (including phenoxy) is 4. The van der Waals surface area contributed by atoms with Crippen LogP contribution in [0.25, 0.3) is 0 Å². The molecule has 1 N–H and O–H groups in total. The highest BCUT2D eigenvalue weighted by atomic mass is 32.1. The first kappa shape index (κ1) is 22.8. The van der Waals surface area contributed by atoms with Gasteiger partial charge in [-0.2, -0.15) is 0 Å². The summed E-state index contributed by atoms with van der Waals surface area (Å²) in [5, 5.41) is 4.51. The number of benzene rings is 2. The predicted octanol–water partition coefficient (Wildman–Crippen LogP) is 4.16. The van der Waals surface area contributed by atoms with Gasteiger partial charge in [-0.1, -0.05) is 18.2 Å². The number of thiophene rings is 1. The van der Waals surface area contributed by atoms with Crippen molar-refractivity contribution in [1.82, 2.24) is 0 Å². The number of anilines is 1. The van der Waals surface area contributed by atoms with Crippen molar-refractivity contribution in [3.8, 4) is 11.5 Å². The molecule has 9 heteroatoms. The number of esters is 2. The summed E-state index contributed by atoms with van der Waals surface area (Å²) in [6, 6.07) is 12.9. The van der Waals surface area contributed by atoms with E-state index in [9.17, 15) is 14.4 Å². The summed E-state index contributed by atoms with van der Waals surface area (Å²) in [6.07, 6.45) is 0. The lowest BCUT2D eigenvalue weighted by atomic mass is 10.1. The van der Waals surface area contributed by atoms with E-state index in [4.69, 9.17) is 14.2 Å². The molecule has 1 heterocycles. The molecule has 0 radical (unpaired) electrons. The van der Waals surface area contributed by atoms with Crippen molar-refractivity contribution >= 4 is 34.9 Å². The van der Waals surface area contributed by atoms with Crippen LogP contribution < -0.4 is 14.8 Å². The van der Waals surface area contributed by atoms with E-state index in [1.54, 1.807) is 41.8 Å². The number of nitrogens with one attached hydrogen (secondary N) is 1. The summed E-state index contributed by atoms with van der Waals surface area (Å²) >= 11 is 1.28. The fourth-order valence-corrected chi connectivity index (χ4v) is 3.44. The fraction of sp³-hybridized carbons (Fsp3) is 0.174. The van der Waals surface area contributed by atoms with E-state index in [-0.39, 0.29) is 23.8 Å². The quantitative estimate of drug-likeness (QED) is 0.509. The van der Waals surface area contributed by atoms with Crippen molar-refractivity contribution in [2.24, 2.45) is 0 Å². The zero-order valence-electron chi connectivity index (χ0n) is 17.7. The third-order valence-electron chi connectivity index (χ3n) is 4.48. The van der Waals surface area contributed by atoms with Gasteiger partial charge in [-0.25, -0.2) is 9.59 Å². The molecule has 3 rings (SSSR count). The number of hydrogen-bond donors (Lipinski definition) is 1. The smallest absolute Gasteiger partial charge is 0.340 e. The zero-order valence-corrected chi connectivity index (χ0v) is 18.5. The minimum atomic E-state index is -0.663. The van der Waals surface area contributed by atoms with Gasteiger partial charge in [-0.3, -0.25) is 4.79 Å². The Kier molecular flexibility index (Phi) is 7.45. The second kappa shape index (κ2) is 10.5. The SMILES string of the molecule is COC(=O)c1ccc(COC(=O)c2cc(OC)c(OC)cc2NC(=O)c2cccs2)cc1. The first-order chi connectivity index (χ1) is 15.5. The summed E-state index contributed by atoms with van der Waals surface area (Å²) in [5.74, 6) is -0.811. The van der Waals surface area contributed by atoms with Gasteiger partial charge in [0.25, 0.3) is 5.91 Å². The maximum atomic E-state index is 12.9. The number of methoxy groups -OCH3 is 3. The van der Waals surface area contributed by atoms with Crippen LogP contribution in [0.1, 0.15) is 36.0 Å². The molecule has 32 heavy (non-hydrogen) atoms. The number of hydrogen-bond acceptors (Lipinski definition) is 8. The van der Waals surface area contributed by atoms with E-state index >= 15 is 0 Å². The standard InChI is InChI=1S/C23H21NO7S/c1-28-18-11-16(17(12-19(18)29-2)24-21(25)20-5-4-10-32-20)23(27)31-13-14-6-8-15(9-7-14)22(26)30-3/h4-12H,13H2,1-3H3,(H,24,25). The van der Waals surface area contributed by atoms with Crippen molar-refractivity contribution < 1.29 is 33.3 Å². The van der Waals surface area contributed by atoms with Gasteiger partial charge in [0.15, 0.2) is 11.5 Å². The first-order valence-electron chi connectivity index (χ1n) is 9.42. The second-order valence-corrected chi connectivity index (χ2v) is 7.40. The Bertz CT molecular complexity index is 1110. The van der Waals surface area contributed by atoms with Gasteiger partial charge in [0.05, 0.1) is 43.0 Å². The Hall–Kier alpha value is -3.85. The van der Waals surface area contributed by atoms with Crippen LogP contribution in [0, 0.1) is 0 Å². The molecular formula is C23H21NO7S. The van der Waals surface area contributed by atoms with Crippen LogP contribution >= 0.6 is 11.3 Å². The number of carbonyl (C=O) groups is 3. The topological polar surface area (TPSA) is 100 Å². The molecule has 0 atom stereocenters. The maximum Gasteiger partial charge on any atom is 0.340 e. The molecule has 0 aliphatic carbocycles. The van der Waals surface area contributed by atoms with E-state index in [2.05, 4.69) is 10.1 Å². The summed E-state index contributed by atoms with van der Waals surface area (Å²) in [6.45, 7) is -0.0348. The predicted molar refractivity (Wildman–Crippen MR) is 119 cm³/mol. The second-order valence-electron chi connectivity index (χ2n) is 6.45. The van der Waals surface area contributed by atoms with Gasteiger partial charge in [-0.15, -0.1) is 11.3 Å². The van der Waals surface area contributed by atoms with Gasteiger partial charge in [0, 0.05) is 12.1 Å². The maximum absolute atomic E-state index is 12.9. The van der Waals surface area contributed by atoms with Crippen LogP contribution in [0.3, 0.4) is 0 Å². The molecule has 1 amide bonds. The zero-order chi connectivity index (χ0) is 23.1. The average molecular weight is 455 g/mol. The van der Waals surface area contributed by atoms with Crippen LogP contribution in [-0.4, -0.2) is 39.2 Å². The fourth-order valence-electron chi connectivity index (χ4n) is 2.82. The molecule has 3 aromatic rings. The van der Waals surface area contributed by atoms with Gasteiger partial charge >= 0.3 is 11.9 Å². The lowest BCUT2D eigenvalue weighted by Gasteiger charge is -2.15. The van der Waals surface area contributed by atoms with E-state index in [1.165, 1.54) is 44.8 Å². The monoisotopic (exact) mass is 455 g/mol. The lowest BCUT2D eigenvalue weighted by molar-refractivity contribution is 0.0472. The van der Waals surface area contributed by atoms with Gasteiger partial charge < -0.3 is 24.3 Å². The molecule has 0 saturated heterocycles. The highest BCUT2D eigenvalue weighted by Gasteiger charge is 2.21. The van der Waals surface area contributed by atoms with E-state index in [1.807, 2.05) is 0 Å². The molecule has 0 spiro atoms. The van der Waals surface area contributed by atoms with Crippen LogP contribution in [0.4, 0.5) is 5.69 Å². The minimum absolute atomic E-state index is 0.0348. The highest BCUT2D eigenvalue weighted by Crippen LogP contribution is 2.34. The van der Waals surface area contributed by atoms with Crippen LogP contribution in [-0.2, 0) is 16.1 Å².